The minimum Gasteiger partial charge on any atom is -0.244 e. The van der Waals surface area contributed by atoms with Gasteiger partial charge in [0.1, 0.15) is 6.33 Å². The van der Waals surface area contributed by atoms with Crippen molar-refractivity contribution >= 4 is 0 Å². The fourth-order valence-corrected chi connectivity index (χ4v) is 0.988. The molecule has 3 radical (unpaired) electrons. The highest BCUT2D eigenvalue weighted by molar-refractivity contribution is 5.51. The molecule has 14 heavy (non-hydrogen) atoms. The van der Waals surface area contributed by atoms with Crippen molar-refractivity contribution in [1.29, 1.82) is 0 Å². The summed E-state index contributed by atoms with van der Waals surface area (Å²) in [4.78, 5) is 16.0. The summed E-state index contributed by atoms with van der Waals surface area (Å²) in [6.45, 7) is 5.31. The summed E-state index contributed by atoms with van der Waals surface area (Å²) in [6.07, 6.45) is 9.53. The van der Waals surface area contributed by atoms with E-state index in [4.69, 9.17) is 6.92 Å². The van der Waals surface area contributed by atoms with Crippen LogP contribution in [-0.2, 0) is 0 Å². The molecule has 4 heteroatoms. The molecular formula is C10H7N4. The van der Waals surface area contributed by atoms with E-state index in [1.54, 1.807) is 24.8 Å². The van der Waals surface area contributed by atoms with Crippen LogP contribution in [0.4, 0.5) is 0 Å². The molecule has 0 fully saturated rings. The first-order chi connectivity index (χ1) is 6.90. The van der Waals surface area contributed by atoms with E-state index in [-0.39, 0.29) is 0 Å². The summed E-state index contributed by atoms with van der Waals surface area (Å²) in [6, 6.07) is 0. The molecular weight excluding hydrogens is 176 g/mol. The number of hydrogen-bond acceptors (Lipinski definition) is 4. The number of rotatable bonds is 2. The Labute approximate surface area is 82.1 Å². The van der Waals surface area contributed by atoms with Gasteiger partial charge in [0.25, 0.3) is 0 Å². The van der Waals surface area contributed by atoms with Gasteiger partial charge in [0.2, 0.25) is 0 Å². The summed E-state index contributed by atoms with van der Waals surface area (Å²) in [7, 11) is 0. The molecule has 67 valence electrons. The average Bonchev–Trinajstić information content (AvgIpc) is 2.30. The minimum absolute atomic E-state index is 0.594. The third kappa shape index (κ3) is 1.74. The van der Waals surface area contributed by atoms with Gasteiger partial charge in [0.05, 0.1) is 5.56 Å². The van der Waals surface area contributed by atoms with Gasteiger partial charge in [-0.2, -0.15) is 0 Å². The van der Waals surface area contributed by atoms with Crippen LogP contribution in [0.25, 0.3) is 11.4 Å². The minimum atomic E-state index is 0.594. The first-order valence-corrected chi connectivity index (χ1v) is 4.02. The van der Waals surface area contributed by atoms with Gasteiger partial charge >= 0.3 is 0 Å². The van der Waals surface area contributed by atoms with Gasteiger partial charge in [-0.3, -0.25) is 0 Å². The van der Waals surface area contributed by atoms with Crippen LogP contribution in [0.2, 0.25) is 0 Å². The van der Waals surface area contributed by atoms with Crippen molar-refractivity contribution in [3.05, 3.63) is 50.0 Å². The van der Waals surface area contributed by atoms with Gasteiger partial charge in [0.15, 0.2) is 5.82 Å². The van der Waals surface area contributed by atoms with Crippen LogP contribution in [0.5, 0.6) is 0 Å². The van der Waals surface area contributed by atoms with E-state index in [0.717, 1.165) is 11.1 Å². The maximum atomic E-state index is 5.31. The number of hydrogen-bond donors (Lipinski definition) is 0. The van der Waals surface area contributed by atoms with Gasteiger partial charge in [-0.15, -0.1) is 0 Å². The molecule has 0 spiro atoms. The fourth-order valence-electron chi connectivity index (χ4n) is 0.988. The Morgan fingerprint density at radius 2 is 1.64 bits per heavy atom. The molecule has 2 aromatic heterocycles. The molecule has 0 unspecified atom stereocenters. The lowest BCUT2D eigenvalue weighted by Gasteiger charge is -1.98. The second-order valence-electron chi connectivity index (χ2n) is 2.63. The van der Waals surface area contributed by atoms with Crippen LogP contribution in [0.1, 0.15) is 5.56 Å². The highest BCUT2D eigenvalue weighted by Gasteiger charge is 2.00. The zero-order valence-electron chi connectivity index (χ0n) is 7.33. The number of aromatic nitrogens is 4. The SMILES string of the molecule is [CH][CH]c1cnc(-c2cncnc2)nc1. The Bertz CT molecular complexity index is 396. The molecule has 0 N–H and O–H groups in total. The summed E-state index contributed by atoms with van der Waals surface area (Å²) < 4.78 is 0. The molecule has 2 rings (SSSR count). The molecule has 0 atom stereocenters. The normalized spacial score (nSPS) is 10.1. The zero-order valence-corrected chi connectivity index (χ0v) is 7.33. The van der Waals surface area contributed by atoms with Crippen LogP contribution >= 0.6 is 0 Å². The van der Waals surface area contributed by atoms with E-state index in [0.29, 0.717) is 5.82 Å². The molecule has 0 amide bonds. The third-order valence-corrected chi connectivity index (χ3v) is 1.68. The van der Waals surface area contributed by atoms with Crippen molar-refractivity contribution < 1.29 is 0 Å². The van der Waals surface area contributed by atoms with Crippen LogP contribution in [0.3, 0.4) is 0 Å². The predicted molar refractivity (Wildman–Crippen MR) is 50.8 cm³/mol. The highest BCUT2D eigenvalue weighted by atomic mass is 14.9. The molecule has 4 nitrogen and oxygen atoms in total. The topological polar surface area (TPSA) is 51.6 Å². The van der Waals surface area contributed by atoms with Crippen LogP contribution in [0.15, 0.2) is 31.1 Å². The smallest absolute Gasteiger partial charge is 0.162 e. The van der Waals surface area contributed by atoms with Gasteiger partial charge in [-0.1, -0.05) is 0 Å². The van der Waals surface area contributed by atoms with Crippen molar-refractivity contribution in [2.75, 3.05) is 0 Å². The molecule has 0 saturated heterocycles. The number of nitrogens with zero attached hydrogens (tertiary/aromatic N) is 4. The van der Waals surface area contributed by atoms with E-state index in [1.165, 1.54) is 12.7 Å². The fraction of sp³-hybridized carbons (Fsp3) is 0. The Morgan fingerprint density at radius 1 is 1.00 bits per heavy atom. The van der Waals surface area contributed by atoms with Crippen molar-refractivity contribution in [2.45, 2.75) is 0 Å². The molecule has 0 aliphatic rings. The first kappa shape index (κ1) is 8.74. The van der Waals surface area contributed by atoms with Crippen LogP contribution < -0.4 is 0 Å². The van der Waals surface area contributed by atoms with Crippen LogP contribution in [-0.4, -0.2) is 19.9 Å². The van der Waals surface area contributed by atoms with Gasteiger partial charge < -0.3 is 0 Å². The van der Waals surface area contributed by atoms with E-state index >= 15 is 0 Å². The second kappa shape index (κ2) is 3.91. The van der Waals surface area contributed by atoms with Gasteiger partial charge in [-0.05, 0) is 18.9 Å². The molecule has 2 aromatic rings. The summed E-state index contributed by atoms with van der Waals surface area (Å²) >= 11 is 0. The van der Waals surface area contributed by atoms with Crippen molar-refractivity contribution in [3.8, 4) is 11.4 Å². The van der Waals surface area contributed by atoms with E-state index in [9.17, 15) is 0 Å². The highest BCUT2D eigenvalue weighted by Crippen LogP contribution is 2.10. The first-order valence-electron chi connectivity index (χ1n) is 4.02. The molecule has 0 aromatic carbocycles. The standard InChI is InChI=1S/C10H7N4/c1-2-8-3-13-10(14-4-8)9-5-11-7-12-6-9/h1-7H. The Balaban J connectivity index is 2.34. The molecule has 0 saturated carbocycles. The largest absolute Gasteiger partial charge is 0.244 e. The monoisotopic (exact) mass is 183 g/mol. The molecule has 0 aliphatic heterocycles. The van der Waals surface area contributed by atoms with Gasteiger partial charge in [0, 0.05) is 24.8 Å². The lowest BCUT2D eigenvalue weighted by molar-refractivity contribution is 1.11. The molecule has 0 aliphatic carbocycles. The van der Waals surface area contributed by atoms with E-state index < -0.39 is 0 Å². The van der Waals surface area contributed by atoms with Crippen molar-refractivity contribution in [1.82, 2.24) is 19.9 Å². The summed E-state index contributed by atoms with van der Waals surface area (Å²) in [5.41, 5.74) is 1.57. The average molecular weight is 183 g/mol. The van der Waals surface area contributed by atoms with Gasteiger partial charge in [-0.25, -0.2) is 19.9 Å². The maximum absolute atomic E-state index is 5.31. The molecule has 2 heterocycles. The van der Waals surface area contributed by atoms with Crippen LogP contribution in [0, 0.1) is 13.3 Å². The Hall–Kier alpha value is -1.84. The third-order valence-electron chi connectivity index (χ3n) is 1.68. The lowest BCUT2D eigenvalue weighted by atomic mass is 10.2. The second-order valence-corrected chi connectivity index (χ2v) is 2.63. The zero-order chi connectivity index (χ0) is 9.80. The van der Waals surface area contributed by atoms with Crippen molar-refractivity contribution in [2.24, 2.45) is 0 Å². The van der Waals surface area contributed by atoms with E-state index in [2.05, 4.69) is 19.9 Å². The quantitative estimate of drug-likeness (QED) is 0.701. The maximum Gasteiger partial charge on any atom is 0.162 e. The van der Waals surface area contributed by atoms with Crippen molar-refractivity contribution in [3.63, 3.8) is 0 Å². The lowest BCUT2D eigenvalue weighted by Crippen LogP contribution is -1.91. The Kier molecular flexibility index (Phi) is 2.44. The Morgan fingerprint density at radius 3 is 2.21 bits per heavy atom. The predicted octanol–water partition coefficient (Wildman–Crippen LogP) is 1.20. The van der Waals surface area contributed by atoms with E-state index in [1.807, 2.05) is 0 Å². The summed E-state index contributed by atoms with van der Waals surface area (Å²) in [5.74, 6) is 0.594. The molecule has 0 bridgehead atoms. The summed E-state index contributed by atoms with van der Waals surface area (Å²) in [5, 5.41) is 0.